The molecule has 1 atom stereocenters. The Labute approximate surface area is 220 Å². The maximum atomic E-state index is 14.9. The molecule has 0 spiro atoms. The first-order valence-electron chi connectivity index (χ1n) is 9.58. The van der Waals surface area contributed by atoms with Gasteiger partial charge in [-0.05, 0) is 57.9 Å². The third-order valence-electron chi connectivity index (χ3n) is 4.64. The summed E-state index contributed by atoms with van der Waals surface area (Å²) in [6, 6.07) is 7.20. The van der Waals surface area contributed by atoms with E-state index in [1.165, 1.54) is 42.6 Å². The number of rotatable bonds is 6. The highest BCUT2D eigenvalue weighted by Crippen LogP contribution is 2.42. The zero-order chi connectivity index (χ0) is 25.9. The Hall–Kier alpha value is -2.40. The van der Waals surface area contributed by atoms with Crippen molar-refractivity contribution in [1.82, 2.24) is 15.4 Å². The standard InChI is InChI=1S/C22H14BrCl3F4N4O/c1-34(21-31-5-2-6-32-21)33-20(35)13-4-3-11(7-15(13)23)18(27)10-14(22(28,29)30)12-8-16(24)19(26)17(25)9-12/h2-10,14H,1H3,(H,33,35)/b18-10-. The number of carbonyl (C=O) groups excluding carboxylic acids is 1. The minimum Gasteiger partial charge on any atom is -0.267 e. The van der Waals surface area contributed by atoms with Crippen LogP contribution < -0.4 is 10.4 Å². The molecule has 184 valence electrons. The molecule has 0 aliphatic rings. The van der Waals surface area contributed by atoms with Crippen molar-refractivity contribution >= 4 is 68.4 Å². The fourth-order valence-corrected chi connectivity index (χ4v) is 4.12. The molecule has 0 aliphatic heterocycles. The van der Waals surface area contributed by atoms with Gasteiger partial charge in [0.05, 0.1) is 20.6 Å². The van der Waals surface area contributed by atoms with Gasteiger partial charge < -0.3 is 0 Å². The Morgan fingerprint density at radius 3 is 2.26 bits per heavy atom. The Balaban J connectivity index is 1.88. The van der Waals surface area contributed by atoms with E-state index in [0.717, 1.165) is 12.1 Å². The number of allylic oxidation sites excluding steroid dienone is 1. The minimum atomic E-state index is -4.85. The van der Waals surface area contributed by atoms with Gasteiger partial charge in [-0.15, -0.1) is 0 Å². The molecule has 0 saturated heterocycles. The lowest BCUT2D eigenvalue weighted by Crippen LogP contribution is -2.40. The van der Waals surface area contributed by atoms with Crippen LogP contribution in [0, 0.1) is 0 Å². The molecule has 1 heterocycles. The van der Waals surface area contributed by atoms with E-state index < -0.39 is 23.8 Å². The van der Waals surface area contributed by atoms with Gasteiger partial charge in [0.15, 0.2) is 0 Å². The van der Waals surface area contributed by atoms with Gasteiger partial charge in [0, 0.05) is 29.5 Å². The van der Waals surface area contributed by atoms with Crippen LogP contribution in [0.5, 0.6) is 0 Å². The average molecular weight is 613 g/mol. The second kappa shape index (κ2) is 11.1. The van der Waals surface area contributed by atoms with Gasteiger partial charge in [0.1, 0.15) is 11.7 Å². The van der Waals surface area contributed by atoms with Gasteiger partial charge in [-0.3, -0.25) is 15.2 Å². The van der Waals surface area contributed by atoms with Gasteiger partial charge >= 0.3 is 6.18 Å². The van der Waals surface area contributed by atoms with E-state index in [-0.39, 0.29) is 42.2 Å². The number of carbonyl (C=O) groups is 1. The van der Waals surface area contributed by atoms with Crippen molar-refractivity contribution < 1.29 is 22.4 Å². The molecule has 3 rings (SSSR count). The van der Waals surface area contributed by atoms with Crippen molar-refractivity contribution in [3.63, 3.8) is 0 Å². The van der Waals surface area contributed by atoms with Gasteiger partial charge in [-0.1, -0.05) is 40.9 Å². The van der Waals surface area contributed by atoms with Crippen molar-refractivity contribution in [2.24, 2.45) is 0 Å². The highest BCUT2D eigenvalue weighted by molar-refractivity contribution is 9.10. The van der Waals surface area contributed by atoms with Crippen LogP contribution in [-0.2, 0) is 0 Å². The molecule has 2 aromatic carbocycles. The summed E-state index contributed by atoms with van der Waals surface area (Å²) in [6.07, 6.45) is -1.47. The maximum absolute atomic E-state index is 14.9. The highest BCUT2D eigenvalue weighted by atomic mass is 79.9. The van der Waals surface area contributed by atoms with Crippen LogP contribution in [0.1, 0.15) is 27.4 Å². The number of hydrogen-bond acceptors (Lipinski definition) is 4. The summed E-state index contributed by atoms with van der Waals surface area (Å²) < 4.78 is 56.3. The van der Waals surface area contributed by atoms with E-state index in [1.54, 1.807) is 6.07 Å². The number of hydrogen-bond donors (Lipinski definition) is 1. The quantitative estimate of drug-likeness (QED) is 0.177. The van der Waals surface area contributed by atoms with Crippen LogP contribution in [0.2, 0.25) is 15.1 Å². The number of benzene rings is 2. The second-order valence-electron chi connectivity index (χ2n) is 7.08. The summed E-state index contributed by atoms with van der Waals surface area (Å²) in [6.45, 7) is 0. The molecule has 0 bridgehead atoms. The number of amides is 1. The Kier molecular flexibility index (Phi) is 8.63. The molecule has 1 aromatic heterocycles. The fraction of sp³-hybridized carbons (Fsp3) is 0.136. The lowest BCUT2D eigenvalue weighted by molar-refractivity contribution is -0.139. The van der Waals surface area contributed by atoms with Crippen molar-refractivity contribution in [3.05, 3.63) is 91.1 Å². The number of alkyl halides is 3. The summed E-state index contributed by atoms with van der Waals surface area (Å²) in [5.41, 5.74) is 2.07. The van der Waals surface area contributed by atoms with Crippen LogP contribution in [0.4, 0.5) is 23.5 Å². The fourth-order valence-electron chi connectivity index (χ4n) is 2.95. The normalized spacial score (nSPS) is 12.9. The first kappa shape index (κ1) is 27.2. The van der Waals surface area contributed by atoms with E-state index >= 15 is 0 Å². The number of aromatic nitrogens is 2. The lowest BCUT2D eigenvalue weighted by atomic mass is 9.96. The molecule has 0 radical (unpaired) electrons. The molecule has 0 aliphatic carbocycles. The highest BCUT2D eigenvalue weighted by Gasteiger charge is 2.40. The summed E-state index contributed by atoms with van der Waals surface area (Å²) in [7, 11) is 1.52. The van der Waals surface area contributed by atoms with E-state index in [4.69, 9.17) is 34.8 Å². The number of halogens is 8. The van der Waals surface area contributed by atoms with Crippen molar-refractivity contribution in [1.29, 1.82) is 0 Å². The molecule has 13 heteroatoms. The SMILES string of the molecule is CN(NC(=O)c1ccc(/C(F)=C/C(c2cc(Cl)c(Cl)c(Cl)c2)C(F)(F)F)cc1Br)c1ncccn1. The largest absolute Gasteiger partial charge is 0.399 e. The predicted molar refractivity (Wildman–Crippen MR) is 131 cm³/mol. The second-order valence-corrected chi connectivity index (χ2v) is 9.12. The zero-order valence-corrected chi connectivity index (χ0v) is 21.4. The number of nitrogens with zero attached hydrogens (tertiary/aromatic N) is 3. The summed E-state index contributed by atoms with van der Waals surface area (Å²) in [4.78, 5) is 20.6. The molecule has 1 unspecified atom stereocenters. The Morgan fingerprint density at radius 1 is 1.11 bits per heavy atom. The van der Waals surface area contributed by atoms with E-state index in [2.05, 4.69) is 31.3 Å². The first-order valence-corrected chi connectivity index (χ1v) is 11.5. The molecule has 35 heavy (non-hydrogen) atoms. The third kappa shape index (κ3) is 6.63. The average Bonchev–Trinajstić information content (AvgIpc) is 2.80. The van der Waals surface area contributed by atoms with Crippen LogP contribution in [0.15, 0.2) is 59.3 Å². The Bertz CT molecular complexity index is 1250. The van der Waals surface area contributed by atoms with Crippen molar-refractivity contribution in [2.45, 2.75) is 12.1 Å². The molecular weight excluding hydrogens is 599 g/mol. The summed E-state index contributed by atoms with van der Waals surface area (Å²) in [5.74, 6) is -3.88. The van der Waals surface area contributed by atoms with E-state index in [9.17, 15) is 22.4 Å². The monoisotopic (exact) mass is 610 g/mol. The summed E-state index contributed by atoms with van der Waals surface area (Å²) >= 11 is 20.7. The third-order valence-corrected chi connectivity index (χ3v) is 6.49. The molecule has 0 fully saturated rings. The molecule has 1 amide bonds. The first-order chi connectivity index (χ1) is 16.4. The zero-order valence-electron chi connectivity index (χ0n) is 17.5. The molecule has 1 N–H and O–H groups in total. The van der Waals surface area contributed by atoms with Gasteiger partial charge in [-0.25, -0.2) is 14.4 Å². The molecule has 5 nitrogen and oxygen atoms in total. The van der Waals surface area contributed by atoms with Crippen LogP contribution >= 0.6 is 50.7 Å². The minimum absolute atomic E-state index is 0.105. The molecule has 3 aromatic rings. The van der Waals surface area contributed by atoms with Crippen LogP contribution in [0.3, 0.4) is 0 Å². The topological polar surface area (TPSA) is 58.1 Å². The lowest BCUT2D eigenvalue weighted by Gasteiger charge is -2.19. The number of nitrogens with one attached hydrogen (secondary N) is 1. The van der Waals surface area contributed by atoms with E-state index in [1.807, 2.05) is 0 Å². The number of hydrazine groups is 1. The van der Waals surface area contributed by atoms with Gasteiger partial charge in [-0.2, -0.15) is 13.2 Å². The van der Waals surface area contributed by atoms with Crippen LogP contribution in [-0.4, -0.2) is 29.1 Å². The summed E-state index contributed by atoms with van der Waals surface area (Å²) in [5, 5.41) is 0.784. The van der Waals surface area contributed by atoms with E-state index in [0.29, 0.717) is 6.08 Å². The molecule has 0 saturated carbocycles. The van der Waals surface area contributed by atoms with Gasteiger partial charge in [0.25, 0.3) is 5.91 Å². The van der Waals surface area contributed by atoms with Crippen LogP contribution in [0.25, 0.3) is 5.83 Å². The maximum Gasteiger partial charge on any atom is 0.399 e. The Morgan fingerprint density at radius 2 is 1.71 bits per heavy atom. The number of anilines is 1. The van der Waals surface area contributed by atoms with Crippen molar-refractivity contribution in [3.8, 4) is 0 Å². The van der Waals surface area contributed by atoms with Gasteiger partial charge in [0.2, 0.25) is 5.95 Å². The predicted octanol–water partition coefficient (Wildman–Crippen LogP) is 7.64. The molecular formula is C22H14BrCl3F4N4O. The van der Waals surface area contributed by atoms with Crippen molar-refractivity contribution in [2.75, 3.05) is 12.1 Å². The smallest absolute Gasteiger partial charge is 0.267 e.